The minimum absolute atomic E-state index is 0.278. The summed E-state index contributed by atoms with van der Waals surface area (Å²) in [5.74, 6) is -0.924. The van der Waals surface area contributed by atoms with Gasteiger partial charge in [0.05, 0.1) is 18.8 Å². The van der Waals surface area contributed by atoms with Gasteiger partial charge in [-0.1, -0.05) is 53.1 Å². The highest BCUT2D eigenvalue weighted by molar-refractivity contribution is 6.55. The van der Waals surface area contributed by atoms with Gasteiger partial charge in [0, 0.05) is 0 Å². The predicted octanol–water partition coefficient (Wildman–Crippen LogP) is 4.95. The van der Waals surface area contributed by atoms with Gasteiger partial charge in [-0.2, -0.15) is 0 Å². The van der Waals surface area contributed by atoms with E-state index in [1.54, 1.807) is 30.3 Å². The van der Waals surface area contributed by atoms with Gasteiger partial charge >= 0.3 is 5.97 Å². The molecule has 0 bridgehead atoms. The zero-order valence-electron chi connectivity index (χ0n) is 11.8. The van der Waals surface area contributed by atoms with E-state index >= 15 is 0 Å². The van der Waals surface area contributed by atoms with Crippen molar-refractivity contribution in [2.24, 2.45) is 0 Å². The van der Waals surface area contributed by atoms with E-state index in [1.807, 2.05) is 13.0 Å². The molecule has 0 aliphatic rings. The quantitative estimate of drug-likeness (QED) is 0.542. The van der Waals surface area contributed by atoms with Crippen LogP contribution < -0.4 is 0 Å². The Morgan fingerprint density at radius 1 is 1.24 bits per heavy atom. The molecular weight excluding hydrogens is 311 g/mol. The molecule has 0 saturated heterocycles. The van der Waals surface area contributed by atoms with Crippen molar-refractivity contribution in [3.8, 4) is 0 Å². The average molecular weight is 329 g/mol. The maximum Gasteiger partial charge on any atom is 0.335 e. The number of hydrogen-bond donors (Lipinski definition) is 1. The van der Waals surface area contributed by atoms with Crippen molar-refractivity contribution < 1.29 is 14.6 Å². The van der Waals surface area contributed by atoms with E-state index in [0.29, 0.717) is 17.7 Å². The minimum atomic E-state index is -0.924. The number of allylic oxidation sites excluding steroid dienone is 2. The lowest BCUT2D eigenvalue weighted by molar-refractivity contribution is 0.0696. The molecule has 0 spiro atoms. The van der Waals surface area contributed by atoms with Crippen LogP contribution >= 0.6 is 23.2 Å². The zero-order valence-corrected chi connectivity index (χ0v) is 13.3. The Morgan fingerprint density at radius 3 is 2.48 bits per heavy atom. The fourth-order valence-corrected chi connectivity index (χ4v) is 1.85. The molecule has 0 saturated carbocycles. The van der Waals surface area contributed by atoms with E-state index in [2.05, 4.69) is 0 Å². The minimum Gasteiger partial charge on any atom is -0.478 e. The molecule has 0 aliphatic carbocycles. The lowest BCUT2D eigenvalue weighted by Gasteiger charge is -2.03. The lowest BCUT2D eigenvalue weighted by atomic mass is 10.1. The molecule has 1 aromatic carbocycles. The van der Waals surface area contributed by atoms with Gasteiger partial charge in [0.25, 0.3) is 0 Å². The van der Waals surface area contributed by atoms with Crippen molar-refractivity contribution in [2.45, 2.75) is 26.4 Å². The van der Waals surface area contributed by atoms with Crippen LogP contribution in [-0.4, -0.2) is 17.7 Å². The summed E-state index contributed by atoms with van der Waals surface area (Å²) in [6.07, 6.45) is 5.48. The molecule has 1 rings (SSSR count). The topological polar surface area (TPSA) is 46.5 Å². The first kappa shape index (κ1) is 17.8. The summed E-state index contributed by atoms with van der Waals surface area (Å²) in [4.78, 5) is 10.7. The van der Waals surface area contributed by atoms with Gasteiger partial charge in [-0.15, -0.1) is 0 Å². The number of carbonyl (C=O) groups is 1. The van der Waals surface area contributed by atoms with E-state index < -0.39 is 5.97 Å². The summed E-state index contributed by atoms with van der Waals surface area (Å²) in [5.41, 5.74) is 2.44. The van der Waals surface area contributed by atoms with E-state index in [-0.39, 0.29) is 5.56 Å². The Kier molecular flexibility index (Phi) is 8.13. The third-order valence-electron chi connectivity index (χ3n) is 2.86. The van der Waals surface area contributed by atoms with Crippen LogP contribution in [0.2, 0.25) is 0 Å². The number of carboxylic acids is 1. The number of rotatable bonds is 8. The highest BCUT2D eigenvalue weighted by Crippen LogP contribution is 2.12. The van der Waals surface area contributed by atoms with Gasteiger partial charge in [-0.25, -0.2) is 4.79 Å². The molecule has 3 nitrogen and oxygen atoms in total. The van der Waals surface area contributed by atoms with Gasteiger partial charge in [-0.3, -0.25) is 0 Å². The molecular formula is C16H18Cl2O3. The predicted molar refractivity (Wildman–Crippen MR) is 85.8 cm³/mol. The SMILES string of the molecule is C/C(=C\COCc1ccc(C(=O)O)cc1)CCC=C(Cl)Cl. The number of halogens is 2. The Balaban J connectivity index is 2.29. The maximum atomic E-state index is 10.7. The van der Waals surface area contributed by atoms with Gasteiger partial charge in [0.2, 0.25) is 0 Å². The largest absolute Gasteiger partial charge is 0.478 e. The number of ether oxygens (including phenoxy) is 1. The van der Waals surface area contributed by atoms with E-state index in [9.17, 15) is 4.79 Å². The normalized spacial score (nSPS) is 11.3. The van der Waals surface area contributed by atoms with Crippen LogP contribution in [0.3, 0.4) is 0 Å². The molecule has 0 unspecified atom stereocenters. The molecule has 21 heavy (non-hydrogen) atoms. The van der Waals surface area contributed by atoms with Crippen molar-refractivity contribution >= 4 is 29.2 Å². The summed E-state index contributed by atoms with van der Waals surface area (Å²) in [7, 11) is 0. The van der Waals surface area contributed by atoms with Crippen molar-refractivity contribution in [1.82, 2.24) is 0 Å². The first-order valence-electron chi connectivity index (χ1n) is 6.56. The molecule has 1 aromatic rings. The second kappa shape index (κ2) is 9.61. The summed E-state index contributed by atoms with van der Waals surface area (Å²) >= 11 is 11.1. The van der Waals surface area contributed by atoms with Gasteiger partial charge in [0.15, 0.2) is 0 Å². The monoisotopic (exact) mass is 328 g/mol. The van der Waals surface area contributed by atoms with Crippen molar-refractivity contribution in [3.63, 3.8) is 0 Å². The Hall–Kier alpha value is -1.29. The molecule has 0 atom stereocenters. The average Bonchev–Trinajstić information content (AvgIpc) is 2.43. The van der Waals surface area contributed by atoms with Crippen LogP contribution in [-0.2, 0) is 11.3 Å². The highest BCUT2D eigenvalue weighted by atomic mass is 35.5. The maximum absolute atomic E-state index is 10.7. The Bertz CT molecular complexity index is 515. The smallest absolute Gasteiger partial charge is 0.335 e. The molecule has 1 N–H and O–H groups in total. The molecule has 0 aromatic heterocycles. The number of carboxylic acid groups (broad SMARTS) is 1. The van der Waals surface area contributed by atoms with Gasteiger partial charge < -0.3 is 9.84 Å². The number of hydrogen-bond acceptors (Lipinski definition) is 2. The van der Waals surface area contributed by atoms with Crippen LogP contribution in [0.5, 0.6) is 0 Å². The van der Waals surface area contributed by atoms with Crippen molar-refractivity contribution in [1.29, 1.82) is 0 Å². The summed E-state index contributed by atoms with van der Waals surface area (Å²) in [6, 6.07) is 6.66. The fraction of sp³-hybridized carbons (Fsp3) is 0.312. The zero-order chi connectivity index (χ0) is 15.7. The lowest BCUT2D eigenvalue weighted by Crippen LogP contribution is -1.98. The van der Waals surface area contributed by atoms with Gasteiger partial charge in [-0.05, 0) is 37.5 Å². The standard InChI is InChI=1S/C16H18Cl2O3/c1-12(3-2-4-15(17)18)9-10-21-11-13-5-7-14(8-6-13)16(19)20/h4-9H,2-3,10-11H2,1H3,(H,19,20)/b12-9+. The first-order chi connectivity index (χ1) is 9.99. The first-order valence-corrected chi connectivity index (χ1v) is 7.31. The summed E-state index contributed by atoms with van der Waals surface area (Å²) in [6.45, 7) is 3.00. The molecule has 0 heterocycles. The second-order valence-electron chi connectivity index (χ2n) is 4.60. The van der Waals surface area contributed by atoms with Gasteiger partial charge in [0.1, 0.15) is 4.49 Å². The number of benzene rings is 1. The van der Waals surface area contributed by atoms with Crippen LogP contribution in [0.25, 0.3) is 0 Å². The van der Waals surface area contributed by atoms with Crippen molar-refractivity contribution in [2.75, 3.05) is 6.61 Å². The molecule has 0 radical (unpaired) electrons. The van der Waals surface area contributed by atoms with Crippen molar-refractivity contribution in [3.05, 3.63) is 57.6 Å². The summed E-state index contributed by atoms with van der Waals surface area (Å²) in [5, 5.41) is 8.80. The van der Waals surface area contributed by atoms with E-state index in [1.165, 1.54) is 5.57 Å². The molecule has 114 valence electrons. The Labute approximate surface area is 134 Å². The second-order valence-corrected chi connectivity index (χ2v) is 5.61. The molecule has 0 fully saturated rings. The molecule has 0 aliphatic heterocycles. The van der Waals surface area contributed by atoms with Crippen LogP contribution in [0, 0.1) is 0 Å². The van der Waals surface area contributed by atoms with E-state index in [4.69, 9.17) is 33.0 Å². The molecule has 0 amide bonds. The highest BCUT2D eigenvalue weighted by Gasteiger charge is 2.01. The van der Waals surface area contributed by atoms with Crippen LogP contribution in [0.4, 0.5) is 0 Å². The third kappa shape index (κ3) is 7.90. The van der Waals surface area contributed by atoms with Crippen LogP contribution in [0.15, 0.2) is 46.5 Å². The van der Waals surface area contributed by atoms with E-state index in [0.717, 1.165) is 18.4 Å². The Morgan fingerprint density at radius 2 is 1.90 bits per heavy atom. The fourth-order valence-electron chi connectivity index (χ4n) is 1.63. The summed E-state index contributed by atoms with van der Waals surface area (Å²) < 4.78 is 5.82. The molecule has 5 heteroatoms. The van der Waals surface area contributed by atoms with Crippen LogP contribution in [0.1, 0.15) is 35.7 Å². The number of aromatic carboxylic acids is 1. The third-order valence-corrected chi connectivity index (χ3v) is 3.17.